The van der Waals surface area contributed by atoms with E-state index in [0.29, 0.717) is 0 Å². The molecule has 22 heavy (non-hydrogen) atoms. The third kappa shape index (κ3) is 5.51. The van der Waals surface area contributed by atoms with E-state index in [0.717, 1.165) is 0 Å². The number of hydrogen-bond acceptors (Lipinski definition) is 12. The Kier molecular flexibility index (Phi) is 8.52. The highest BCUT2D eigenvalue weighted by Crippen LogP contribution is 2.20. The molecule has 0 aliphatic heterocycles. The Morgan fingerprint density at radius 2 is 1.36 bits per heavy atom. The predicted molar refractivity (Wildman–Crippen MR) is 62.5 cm³/mol. The van der Waals surface area contributed by atoms with E-state index in [1.807, 2.05) is 0 Å². The van der Waals surface area contributed by atoms with Gasteiger partial charge < -0.3 is 40.5 Å². The molecule has 0 saturated carbocycles. The zero-order valence-corrected chi connectivity index (χ0v) is 11.7. The van der Waals surface area contributed by atoms with Gasteiger partial charge in [-0.1, -0.05) is 0 Å². The van der Waals surface area contributed by atoms with Crippen molar-refractivity contribution in [2.45, 2.75) is 36.4 Å². The second-order valence-electron chi connectivity index (χ2n) is 4.05. The molecule has 0 aromatic rings. The first kappa shape index (κ1) is 20.8. The Balaban J connectivity index is 4.80. The van der Waals surface area contributed by atoms with Crippen molar-refractivity contribution in [3.8, 4) is 0 Å². The summed E-state index contributed by atoms with van der Waals surface area (Å²) in [6.45, 7) is -1.09. The van der Waals surface area contributed by atoms with Crippen molar-refractivity contribution in [3.05, 3.63) is 0 Å². The van der Waals surface area contributed by atoms with Crippen molar-refractivity contribution in [2.75, 3.05) is 6.61 Å². The Labute approximate surface area is 123 Å². The maximum Gasteiger partial charge on any atom is 0.347 e. The zero-order valence-electron chi connectivity index (χ0n) is 10.8. The number of ether oxygens (including phenoxy) is 1. The summed E-state index contributed by atoms with van der Waals surface area (Å²) >= 11 is 0. The summed E-state index contributed by atoms with van der Waals surface area (Å²) in [7, 11) is -3.60. The summed E-state index contributed by atoms with van der Waals surface area (Å²) in [6.07, 6.45) is -12.2. The fourth-order valence-electron chi connectivity index (χ4n) is 1.13. The number of carbonyl (C=O) groups is 2. The highest BCUT2D eigenvalue weighted by Gasteiger charge is 2.40. The fourth-order valence-corrected chi connectivity index (χ4v) is 1.56. The molecule has 13 heteroatoms. The van der Waals surface area contributed by atoms with Crippen molar-refractivity contribution in [2.24, 2.45) is 0 Å². The average molecular weight is 346 g/mol. The molecular weight excluding hydrogens is 331 g/mol. The Hall–Kier alpha value is -1.24. The molecule has 0 rings (SSSR count). The second-order valence-corrected chi connectivity index (χ2v) is 5.15. The molecular formula is C9H15O12P. The lowest BCUT2D eigenvalue weighted by Gasteiger charge is -2.25. The third-order valence-electron chi connectivity index (χ3n) is 2.43. The van der Waals surface area contributed by atoms with Gasteiger partial charge in [-0.25, -0.2) is 18.7 Å². The highest BCUT2D eigenvalue weighted by molar-refractivity contribution is 7.31. The molecule has 6 unspecified atom stereocenters. The molecule has 0 aromatic carbocycles. The number of hydrogen-bond donors (Lipinski definition) is 7. The first-order valence-electron chi connectivity index (χ1n) is 5.62. The molecule has 0 spiro atoms. The molecule has 0 aromatic heterocycles. The van der Waals surface area contributed by atoms with Gasteiger partial charge in [0.2, 0.25) is 0 Å². The first-order valence-corrected chi connectivity index (χ1v) is 6.87. The van der Waals surface area contributed by atoms with Gasteiger partial charge in [-0.15, -0.1) is 0 Å². The fraction of sp³-hybridized carbons (Fsp3) is 0.778. The number of aliphatic hydroxyl groups is 7. The lowest BCUT2D eigenvalue weighted by atomic mass is 10.0. The zero-order chi connectivity index (χ0) is 17.6. The van der Waals surface area contributed by atoms with Crippen LogP contribution in [0.25, 0.3) is 0 Å². The van der Waals surface area contributed by atoms with E-state index in [-0.39, 0.29) is 0 Å². The van der Waals surface area contributed by atoms with Crippen LogP contribution < -0.4 is 0 Å². The summed E-state index contributed by atoms with van der Waals surface area (Å²) in [6, 6.07) is 0. The van der Waals surface area contributed by atoms with E-state index in [9.17, 15) is 39.1 Å². The van der Waals surface area contributed by atoms with Crippen LogP contribution in [0, 0.1) is 0 Å². The first-order chi connectivity index (χ1) is 10.0. The Morgan fingerprint density at radius 3 is 1.77 bits per heavy atom. The van der Waals surface area contributed by atoms with Gasteiger partial charge in [0.25, 0.3) is 0 Å². The molecule has 0 amide bonds. The largest absolute Gasteiger partial charge is 0.393 e. The van der Waals surface area contributed by atoms with Crippen LogP contribution in [0.5, 0.6) is 0 Å². The van der Waals surface area contributed by atoms with Crippen molar-refractivity contribution in [1.82, 2.24) is 0 Å². The lowest BCUT2D eigenvalue weighted by Crippen LogP contribution is -2.51. The van der Waals surface area contributed by atoms with Crippen LogP contribution in [-0.4, -0.2) is 90.7 Å². The molecule has 0 bridgehead atoms. The van der Waals surface area contributed by atoms with Gasteiger partial charge in [0.05, 0.1) is 6.61 Å². The SMILES string of the molecule is O=C(OC(=O)C(O)C(O)C(O)C(O)C(O)P(=O)=O)C(O)CO. The van der Waals surface area contributed by atoms with Gasteiger partial charge in [-0.2, -0.15) is 0 Å². The topological polar surface area (TPSA) is 219 Å². The summed E-state index contributed by atoms with van der Waals surface area (Å²) < 4.78 is 24.7. The smallest absolute Gasteiger partial charge is 0.347 e. The van der Waals surface area contributed by atoms with Crippen molar-refractivity contribution < 1.29 is 59.2 Å². The van der Waals surface area contributed by atoms with E-state index in [4.69, 9.17) is 15.3 Å². The molecule has 6 atom stereocenters. The molecule has 7 N–H and O–H groups in total. The third-order valence-corrected chi connectivity index (χ3v) is 3.17. The van der Waals surface area contributed by atoms with Gasteiger partial charge >= 0.3 is 19.6 Å². The van der Waals surface area contributed by atoms with E-state index in [1.54, 1.807) is 0 Å². The molecule has 0 aliphatic carbocycles. The van der Waals surface area contributed by atoms with E-state index in [2.05, 4.69) is 4.74 Å². The highest BCUT2D eigenvalue weighted by atomic mass is 31.1. The van der Waals surface area contributed by atoms with Gasteiger partial charge in [0, 0.05) is 0 Å². The molecule has 0 saturated heterocycles. The maximum absolute atomic E-state index is 11.2. The predicted octanol–water partition coefficient (Wildman–Crippen LogP) is -4.66. The quantitative estimate of drug-likeness (QED) is 0.125. The average Bonchev–Trinajstić information content (AvgIpc) is 2.49. The maximum atomic E-state index is 11.2. The standard InChI is InChI=1S/C9H15O12P/c10-1-2(11)7(16)21-8(17)5(14)3(12)4(13)6(15)9(18)22(19)20/h2-6,9-15,18H,1H2. The van der Waals surface area contributed by atoms with Crippen LogP contribution in [0.1, 0.15) is 0 Å². The molecule has 12 nitrogen and oxygen atoms in total. The van der Waals surface area contributed by atoms with Crippen molar-refractivity contribution in [3.63, 3.8) is 0 Å². The van der Waals surface area contributed by atoms with Crippen LogP contribution in [0.15, 0.2) is 0 Å². The lowest BCUT2D eigenvalue weighted by molar-refractivity contribution is -0.182. The van der Waals surface area contributed by atoms with Crippen LogP contribution in [0.4, 0.5) is 0 Å². The van der Waals surface area contributed by atoms with Crippen LogP contribution in [-0.2, 0) is 23.5 Å². The second kappa shape index (κ2) is 9.02. The summed E-state index contributed by atoms with van der Waals surface area (Å²) in [5.41, 5.74) is 0. The molecule has 0 aliphatic rings. The minimum absolute atomic E-state index is 1.09. The molecule has 128 valence electrons. The number of rotatable bonds is 8. The van der Waals surface area contributed by atoms with Crippen LogP contribution >= 0.6 is 7.68 Å². The summed E-state index contributed by atoms with van der Waals surface area (Å²) in [4.78, 5) is 22.2. The summed E-state index contributed by atoms with van der Waals surface area (Å²) in [5.74, 6) is -5.99. The molecule has 0 fully saturated rings. The van der Waals surface area contributed by atoms with Crippen LogP contribution in [0.2, 0.25) is 0 Å². The number of carbonyl (C=O) groups excluding carboxylic acids is 2. The molecule has 0 heterocycles. The van der Waals surface area contributed by atoms with E-state index in [1.165, 1.54) is 0 Å². The van der Waals surface area contributed by atoms with Crippen molar-refractivity contribution in [1.29, 1.82) is 0 Å². The Morgan fingerprint density at radius 1 is 0.864 bits per heavy atom. The number of aliphatic hydroxyl groups excluding tert-OH is 7. The Bertz CT molecular complexity index is 454. The minimum atomic E-state index is -3.60. The van der Waals surface area contributed by atoms with Crippen molar-refractivity contribution >= 4 is 19.6 Å². The van der Waals surface area contributed by atoms with E-state index >= 15 is 0 Å². The van der Waals surface area contributed by atoms with Gasteiger partial charge in [-0.3, -0.25) is 0 Å². The summed E-state index contributed by atoms with van der Waals surface area (Å²) in [5, 5.41) is 63.4. The van der Waals surface area contributed by atoms with Gasteiger partial charge in [0.1, 0.15) is 18.3 Å². The van der Waals surface area contributed by atoms with Gasteiger partial charge in [-0.05, 0) is 0 Å². The van der Waals surface area contributed by atoms with Gasteiger partial charge in [0.15, 0.2) is 18.1 Å². The monoisotopic (exact) mass is 346 g/mol. The van der Waals surface area contributed by atoms with E-state index < -0.39 is 62.6 Å². The molecule has 0 radical (unpaired) electrons. The normalized spacial score (nSPS) is 19.4. The van der Waals surface area contributed by atoms with Crippen LogP contribution in [0.3, 0.4) is 0 Å². The number of esters is 2. The minimum Gasteiger partial charge on any atom is -0.393 e.